The minimum atomic E-state index is -0.0618. The normalized spacial score (nSPS) is 13.9. The van der Waals surface area contributed by atoms with Crippen LogP contribution in [0.4, 0.5) is 17.2 Å². The van der Waals surface area contributed by atoms with E-state index < -0.39 is 0 Å². The molecule has 5 nitrogen and oxygen atoms in total. The second-order valence-electron chi connectivity index (χ2n) is 4.35. The summed E-state index contributed by atoms with van der Waals surface area (Å²) in [6.07, 6.45) is 5.15. The molecular weight excluding hydrogens is 240 g/mol. The summed E-state index contributed by atoms with van der Waals surface area (Å²) in [7, 11) is 1.76. The van der Waals surface area contributed by atoms with Crippen LogP contribution in [-0.2, 0) is 0 Å². The molecule has 19 heavy (non-hydrogen) atoms. The van der Waals surface area contributed by atoms with E-state index in [9.17, 15) is 4.79 Å². The molecule has 1 amide bonds. The summed E-state index contributed by atoms with van der Waals surface area (Å²) < 4.78 is 0. The highest BCUT2D eigenvalue weighted by molar-refractivity contribution is 6.12. The van der Waals surface area contributed by atoms with Crippen molar-refractivity contribution in [1.29, 1.82) is 0 Å². The average molecular weight is 254 g/mol. The monoisotopic (exact) mass is 254 g/mol. The standard InChI is InChI=1S/C14H14N4O/c1-3-18-11-6-8-15-9-12(11)17(2)14(19)10-5-4-7-16-13(10)18/h4-9H,3H2,1-2H3. The molecule has 5 heteroatoms. The van der Waals surface area contributed by atoms with Gasteiger partial charge in [0, 0.05) is 26.0 Å². The molecule has 0 bridgehead atoms. The third kappa shape index (κ3) is 1.66. The van der Waals surface area contributed by atoms with Crippen LogP contribution in [0, 0.1) is 0 Å². The predicted molar refractivity (Wildman–Crippen MR) is 73.9 cm³/mol. The van der Waals surface area contributed by atoms with Gasteiger partial charge < -0.3 is 9.80 Å². The van der Waals surface area contributed by atoms with Gasteiger partial charge in [-0.25, -0.2) is 4.98 Å². The Morgan fingerprint density at radius 3 is 2.84 bits per heavy atom. The van der Waals surface area contributed by atoms with Crippen molar-refractivity contribution >= 4 is 23.1 Å². The largest absolute Gasteiger partial charge is 0.324 e. The Bertz CT molecular complexity index is 641. The first-order chi connectivity index (χ1) is 9.24. The fourth-order valence-electron chi connectivity index (χ4n) is 2.37. The highest BCUT2D eigenvalue weighted by atomic mass is 16.2. The van der Waals surface area contributed by atoms with Crippen LogP contribution >= 0.6 is 0 Å². The Morgan fingerprint density at radius 2 is 2.05 bits per heavy atom. The van der Waals surface area contributed by atoms with Crippen LogP contribution in [0.2, 0.25) is 0 Å². The number of fused-ring (bicyclic) bond motifs is 2. The quantitative estimate of drug-likeness (QED) is 0.783. The van der Waals surface area contributed by atoms with Gasteiger partial charge in [-0.1, -0.05) is 0 Å². The minimum absolute atomic E-state index is 0.0618. The van der Waals surface area contributed by atoms with Crippen LogP contribution in [0.5, 0.6) is 0 Å². The lowest BCUT2D eigenvalue weighted by Crippen LogP contribution is -2.25. The Kier molecular flexibility index (Phi) is 2.67. The molecule has 1 aliphatic rings. The second kappa shape index (κ2) is 4.35. The van der Waals surface area contributed by atoms with E-state index in [4.69, 9.17) is 0 Å². The van der Waals surface area contributed by atoms with Crippen molar-refractivity contribution in [3.63, 3.8) is 0 Å². The first kappa shape index (κ1) is 11.6. The first-order valence-corrected chi connectivity index (χ1v) is 6.18. The molecule has 0 unspecified atom stereocenters. The zero-order valence-corrected chi connectivity index (χ0v) is 10.9. The summed E-state index contributed by atoms with van der Waals surface area (Å²) in [5.74, 6) is 0.639. The average Bonchev–Trinajstić information content (AvgIpc) is 2.55. The van der Waals surface area contributed by atoms with Crippen LogP contribution < -0.4 is 9.80 Å². The molecule has 96 valence electrons. The number of aromatic nitrogens is 2. The van der Waals surface area contributed by atoms with Crippen molar-refractivity contribution in [2.45, 2.75) is 6.92 Å². The third-order valence-corrected chi connectivity index (χ3v) is 3.32. The van der Waals surface area contributed by atoms with Crippen LogP contribution in [0.15, 0.2) is 36.8 Å². The summed E-state index contributed by atoms with van der Waals surface area (Å²) in [6.45, 7) is 2.78. The highest BCUT2D eigenvalue weighted by Gasteiger charge is 2.28. The smallest absolute Gasteiger partial charge is 0.261 e. The molecule has 2 aromatic rings. The number of carbonyl (C=O) groups is 1. The van der Waals surface area contributed by atoms with Gasteiger partial charge in [0.25, 0.3) is 5.91 Å². The van der Waals surface area contributed by atoms with Gasteiger partial charge in [0.1, 0.15) is 5.82 Å². The van der Waals surface area contributed by atoms with Crippen LogP contribution in [0.1, 0.15) is 17.3 Å². The number of pyridine rings is 2. The number of rotatable bonds is 1. The Morgan fingerprint density at radius 1 is 1.21 bits per heavy atom. The zero-order chi connectivity index (χ0) is 13.4. The third-order valence-electron chi connectivity index (χ3n) is 3.32. The molecule has 0 atom stereocenters. The van der Waals surface area contributed by atoms with E-state index in [1.807, 2.05) is 24.0 Å². The molecule has 0 N–H and O–H groups in total. The van der Waals surface area contributed by atoms with Crippen molar-refractivity contribution < 1.29 is 4.79 Å². The maximum atomic E-state index is 12.5. The Hall–Kier alpha value is -2.43. The van der Waals surface area contributed by atoms with Crippen molar-refractivity contribution in [3.8, 4) is 0 Å². The summed E-state index contributed by atoms with van der Waals surface area (Å²) >= 11 is 0. The summed E-state index contributed by atoms with van der Waals surface area (Å²) in [5, 5.41) is 0. The Balaban J connectivity index is 2.31. The van der Waals surface area contributed by atoms with E-state index in [1.54, 1.807) is 36.6 Å². The fraction of sp³-hybridized carbons (Fsp3) is 0.214. The van der Waals surface area contributed by atoms with E-state index in [1.165, 1.54) is 0 Å². The van der Waals surface area contributed by atoms with Crippen molar-refractivity contribution in [2.24, 2.45) is 0 Å². The molecule has 0 fully saturated rings. The van der Waals surface area contributed by atoms with Crippen molar-refractivity contribution in [3.05, 3.63) is 42.4 Å². The van der Waals surface area contributed by atoms with E-state index in [2.05, 4.69) is 9.97 Å². The van der Waals surface area contributed by atoms with E-state index >= 15 is 0 Å². The zero-order valence-electron chi connectivity index (χ0n) is 10.9. The molecule has 0 saturated carbocycles. The maximum Gasteiger partial charge on any atom is 0.261 e. The lowest BCUT2D eigenvalue weighted by atomic mass is 10.2. The number of hydrogen-bond donors (Lipinski definition) is 0. The van der Waals surface area contributed by atoms with Gasteiger partial charge in [0.05, 0.1) is 23.1 Å². The van der Waals surface area contributed by atoms with E-state index in [-0.39, 0.29) is 5.91 Å². The molecule has 3 rings (SSSR count). The van der Waals surface area contributed by atoms with Gasteiger partial charge in [-0.2, -0.15) is 0 Å². The van der Waals surface area contributed by atoms with E-state index in [0.29, 0.717) is 11.4 Å². The lowest BCUT2D eigenvalue weighted by Gasteiger charge is -2.23. The fourth-order valence-corrected chi connectivity index (χ4v) is 2.37. The number of hydrogen-bond acceptors (Lipinski definition) is 4. The van der Waals surface area contributed by atoms with Gasteiger partial charge in [0.2, 0.25) is 0 Å². The molecule has 2 aromatic heterocycles. The van der Waals surface area contributed by atoms with Gasteiger partial charge in [-0.15, -0.1) is 0 Å². The van der Waals surface area contributed by atoms with Crippen LogP contribution in [0.3, 0.4) is 0 Å². The van der Waals surface area contributed by atoms with Crippen LogP contribution in [-0.4, -0.2) is 29.5 Å². The van der Waals surface area contributed by atoms with Gasteiger partial charge >= 0.3 is 0 Å². The predicted octanol–water partition coefficient (Wildman–Crippen LogP) is 2.22. The number of carbonyl (C=O) groups excluding carboxylic acids is 1. The molecule has 3 heterocycles. The highest BCUT2D eigenvalue weighted by Crippen LogP contribution is 2.37. The molecule has 0 saturated heterocycles. The molecule has 1 aliphatic heterocycles. The summed E-state index contributed by atoms with van der Waals surface area (Å²) in [4.78, 5) is 24.6. The molecule has 0 aromatic carbocycles. The summed E-state index contributed by atoms with van der Waals surface area (Å²) in [5.41, 5.74) is 2.36. The van der Waals surface area contributed by atoms with Crippen molar-refractivity contribution in [2.75, 3.05) is 23.4 Å². The molecule has 0 radical (unpaired) electrons. The number of amides is 1. The minimum Gasteiger partial charge on any atom is -0.324 e. The topological polar surface area (TPSA) is 49.3 Å². The molecule has 0 spiro atoms. The number of nitrogens with zero attached hydrogens (tertiary/aromatic N) is 4. The maximum absolute atomic E-state index is 12.5. The second-order valence-corrected chi connectivity index (χ2v) is 4.35. The van der Waals surface area contributed by atoms with Crippen molar-refractivity contribution in [1.82, 2.24) is 9.97 Å². The first-order valence-electron chi connectivity index (χ1n) is 6.18. The molecule has 0 aliphatic carbocycles. The van der Waals surface area contributed by atoms with Gasteiger partial charge in [-0.3, -0.25) is 9.78 Å². The SMILES string of the molecule is CCN1c2ccncc2N(C)C(=O)c2cccnc21. The number of anilines is 3. The van der Waals surface area contributed by atoms with Gasteiger partial charge in [0.15, 0.2) is 0 Å². The van der Waals surface area contributed by atoms with Gasteiger partial charge in [-0.05, 0) is 25.1 Å². The van der Waals surface area contributed by atoms with Crippen LogP contribution in [0.25, 0.3) is 0 Å². The Labute approximate surface area is 111 Å². The van der Waals surface area contributed by atoms with E-state index in [0.717, 1.165) is 17.9 Å². The lowest BCUT2D eigenvalue weighted by molar-refractivity contribution is 0.0994. The molecular formula is C14H14N4O. The summed E-state index contributed by atoms with van der Waals surface area (Å²) in [6, 6.07) is 5.50.